The van der Waals surface area contributed by atoms with E-state index in [0.717, 1.165) is 0 Å². The lowest BCUT2D eigenvalue weighted by atomic mass is 9.59. The van der Waals surface area contributed by atoms with Gasteiger partial charge in [0, 0.05) is 6.42 Å². The minimum absolute atomic E-state index is 0.0900. The molecule has 0 aromatic carbocycles. The molecule has 1 fully saturated rings. The Bertz CT molecular complexity index is 345. The lowest BCUT2D eigenvalue weighted by Gasteiger charge is -2.40. The minimum atomic E-state index is -0.812. The van der Waals surface area contributed by atoms with Crippen molar-refractivity contribution in [1.29, 1.82) is 10.5 Å². The van der Waals surface area contributed by atoms with Crippen molar-refractivity contribution in [2.75, 3.05) is 0 Å². The second-order valence-corrected chi connectivity index (χ2v) is 5.08. The van der Waals surface area contributed by atoms with E-state index in [4.69, 9.17) is 10.5 Å². The molecule has 74 valence electrons. The SMILES string of the molecule is CC1(C)CC(=O)[C@H](C#N)[C@](C)(C#N)C1. The summed E-state index contributed by atoms with van der Waals surface area (Å²) in [4.78, 5) is 11.6. The molecule has 0 bridgehead atoms. The summed E-state index contributed by atoms with van der Waals surface area (Å²) < 4.78 is 0. The molecular formula is C11H14N2O. The van der Waals surface area contributed by atoms with Gasteiger partial charge in [-0.25, -0.2) is 0 Å². The fourth-order valence-electron chi connectivity index (χ4n) is 2.41. The zero-order valence-corrected chi connectivity index (χ0v) is 8.79. The molecule has 0 radical (unpaired) electrons. The van der Waals surface area contributed by atoms with Gasteiger partial charge < -0.3 is 0 Å². The first-order valence-corrected chi connectivity index (χ1v) is 4.68. The third-order valence-corrected chi connectivity index (χ3v) is 2.84. The molecule has 0 N–H and O–H groups in total. The monoisotopic (exact) mass is 190 g/mol. The van der Waals surface area contributed by atoms with Crippen LogP contribution >= 0.6 is 0 Å². The van der Waals surface area contributed by atoms with Gasteiger partial charge in [-0.3, -0.25) is 4.79 Å². The largest absolute Gasteiger partial charge is 0.298 e. The van der Waals surface area contributed by atoms with Crippen LogP contribution in [0.2, 0.25) is 0 Å². The van der Waals surface area contributed by atoms with Crippen LogP contribution in [0.4, 0.5) is 0 Å². The number of hydrogen-bond acceptors (Lipinski definition) is 3. The van der Waals surface area contributed by atoms with E-state index in [1.54, 1.807) is 6.92 Å². The summed E-state index contributed by atoms with van der Waals surface area (Å²) in [5, 5.41) is 17.9. The molecule has 0 unspecified atom stereocenters. The molecule has 14 heavy (non-hydrogen) atoms. The minimum Gasteiger partial charge on any atom is -0.298 e. The summed E-state index contributed by atoms with van der Waals surface area (Å²) in [6, 6.07) is 4.08. The molecule has 0 amide bonds. The van der Waals surface area contributed by atoms with Gasteiger partial charge in [-0.15, -0.1) is 0 Å². The van der Waals surface area contributed by atoms with Crippen molar-refractivity contribution in [3.8, 4) is 12.1 Å². The predicted molar refractivity (Wildman–Crippen MR) is 50.8 cm³/mol. The van der Waals surface area contributed by atoms with Crippen LogP contribution in [0.15, 0.2) is 0 Å². The Kier molecular flexibility index (Phi) is 2.37. The van der Waals surface area contributed by atoms with Crippen LogP contribution in [0.25, 0.3) is 0 Å². The van der Waals surface area contributed by atoms with Gasteiger partial charge in [-0.05, 0) is 18.8 Å². The van der Waals surface area contributed by atoms with Crippen molar-refractivity contribution >= 4 is 5.78 Å². The van der Waals surface area contributed by atoms with Crippen molar-refractivity contribution in [3.05, 3.63) is 0 Å². The van der Waals surface area contributed by atoms with Crippen LogP contribution in [-0.2, 0) is 4.79 Å². The van der Waals surface area contributed by atoms with Crippen molar-refractivity contribution in [1.82, 2.24) is 0 Å². The summed E-state index contributed by atoms with van der Waals surface area (Å²) in [5.74, 6) is -0.840. The maximum Gasteiger partial charge on any atom is 0.152 e. The molecule has 0 spiro atoms. The number of Topliss-reactive ketones (excluding diaryl/α,β-unsaturated/α-hetero) is 1. The molecule has 0 heterocycles. The lowest BCUT2D eigenvalue weighted by Crippen LogP contribution is -2.42. The standard InChI is InChI=1S/C11H14N2O/c1-10(2)4-9(14)8(5-12)11(3,6-10)7-13/h8H,4,6H2,1-3H3/t8-,11-/m0/s1. The first-order valence-electron chi connectivity index (χ1n) is 4.68. The molecule has 0 aromatic rings. The van der Waals surface area contributed by atoms with Gasteiger partial charge in [0.1, 0.15) is 5.92 Å². The Balaban J connectivity index is 3.10. The highest BCUT2D eigenvalue weighted by molar-refractivity contribution is 5.86. The van der Waals surface area contributed by atoms with Gasteiger partial charge in [-0.2, -0.15) is 10.5 Å². The topological polar surface area (TPSA) is 64.7 Å². The molecule has 2 atom stereocenters. The normalized spacial score (nSPS) is 35.8. The number of hydrogen-bond donors (Lipinski definition) is 0. The van der Waals surface area contributed by atoms with Crippen molar-refractivity contribution in [2.24, 2.45) is 16.7 Å². The van der Waals surface area contributed by atoms with E-state index in [9.17, 15) is 4.79 Å². The van der Waals surface area contributed by atoms with Crippen molar-refractivity contribution in [2.45, 2.75) is 33.6 Å². The van der Waals surface area contributed by atoms with Gasteiger partial charge >= 0.3 is 0 Å². The number of ketones is 1. The predicted octanol–water partition coefficient (Wildman–Crippen LogP) is 2.05. The fraction of sp³-hybridized carbons (Fsp3) is 0.727. The summed E-state index contributed by atoms with van der Waals surface area (Å²) >= 11 is 0. The van der Waals surface area contributed by atoms with Crippen LogP contribution in [-0.4, -0.2) is 5.78 Å². The number of carbonyl (C=O) groups is 1. The van der Waals surface area contributed by atoms with Crippen LogP contribution < -0.4 is 0 Å². The number of nitriles is 2. The average Bonchev–Trinajstić information content (AvgIpc) is 2.01. The molecule has 0 aliphatic heterocycles. The highest BCUT2D eigenvalue weighted by atomic mass is 16.1. The van der Waals surface area contributed by atoms with Crippen LogP contribution in [0, 0.1) is 39.4 Å². The Hall–Kier alpha value is -1.35. The summed E-state index contributed by atoms with van der Waals surface area (Å²) in [5.41, 5.74) is -0.970. The summed E-state index contributed by atoms with van der Waals surface area (Å²) in [6.45, 7) is 5.64. The number of nitrogens with zero attached hydrogens (tertiary/aromatic N) is 2. The number of rotatable bonds is 0. The van der Waals surface area contributed by atoms with Crippen molar-refractivity contribution < 1.29 is 4.79 Å². The van der Waals surface area contributed by atoms with Gasteiger partial charge in [0.05, 0.1) is 17.6 Å². The molecular weight excluding hydrogens is 176 g/mol. The van der Waals surface area contributed by atoms with Crippen molar-refractivity contribution in [3.63, 3.8) is 0 Å². The highest BCUT2D eigenvalue weighted by Gasteiger charge is 2.49. The Labute approximate surface area is 84.3 Å². The highest BCUT2D eigenvalue weighted by Crippen LogP contribution is 2.46. The first kappa shape index (κ1) is 10.7. The molecule has 1 aliphatic carbocycles. The zero-order chi connectivity index (χ0) is 11.0. The summed E-state index contributed by atoms with van der Waals surface area (Å²) in [7, 11) is 0. The first-order chi connectivity index (χ1) is 6.34. The maximum absolute atomic E-state index is 11.6. The lowest BCUT2D eigenvalue weighted by molar-refractivity contribution is -0.129. The van der Waals surface area contributed by atoms with E-state index < -0.39 is 11.3 Å². The number of carbonyl (C=O) groups excluding carboxylic acids is 1. The second-order valence-electron chi connectivity index (χ2n) is 5.08. The van der Waals surface area contributed by atoms with E-state index in [0.29, 0.717) is 12.8 Å². The summed E-state index contributed by atoms with van der Waals surface area (Å²) in [6.07, 6.45) is 1.02. The van der Waals surface area contributed by atoms with Gasteiger partial charge in [0.25, 0.3) is 0 Å². The van der Waals surface area contributed by atoms with Crippen LogP contribution in [0.5, 0.6) is 0 Å². The third-order valence-electron chi connectivity index (χ3n) is 2.84. The van der Waals surface area contributed by atoms with E-state index in [-0.39, 0.29) is 11.2 Å². The molecule has 1 aliphatic rings. The van der Waals surface area contributed by atoms with E-state index in [1.165, 1.54) is 0 Å². The van der Waals surface area contributed by atoms with Gasteiger partial charge in [0.2, 0.25) is 0 Å². The quantitative estimate of drug-likeness (QED) is 0.587. The Morgan fingerprint density at radius 3 is 2.36 bits per heavy atom. The van der Waals surface area contributed by atoms with Gasteiger partial charge in [0.15, 0.2) is 5.78 Å². The molecule has 0 aromatic heterocycles. The Morgan fingerprint density at radius 1 is 1.36 bits per heavy atom. The molecule has 1 saturated carbocycles. The molecule has 0 saturated heterocycles. The average molecular weight is 190 g/mol. The van der Waals surface area contributed by atoms with E-state index in [2.05, 4.69) is 6.07 Å². The second kappa shape index (κ2) is 3.10. The van der Waals surface area contributed by atoms with E-state index >= 15 is 0 Å². The molecule has 1 rings (SSSR count). The maximum atomic E-state index is 11.6. The molecule has 3 nitrogen and oxygen atoms in total. The van der Waals surface area contributed by atoms with Gasteiger partial charge in [-0.1, -0.05) is 13.8 Å². The van der Waals surface area contributed by atoms with E-state index in [1.807, 2.05) is 19.9 Å². The smallest absolute Gasteiger partial charge is 0.152 e. The van der Waals surface area contributed by atoms with Crippen LogP contribution in [0.3, 0.4) is 0 Å². The van der Waals surface area contributed by atoms with Crippen LogP contribution in [0.1, 0.15) is 33.6 Å². The zero-order valence-electron chi connectivity index (χ0n) is 8.79. The fourth-order valence-corrected chi connectivity index (χ4v) is 2.41. The third kappa shape index (κ3) is 1.63. The molecule has 3 heteroatoms. The Morgan fingerprint density at radius 2 is 1.93 bits per heavy atom.